The summed E-state index contributed by atoms with van der Waals surface area (Å²) in [6.07, 6.45) is 5.47. The number of para-hydroxylation sites is 14. The van der Waals surface area contributed by atoms with Crippen molar-refractivity contribution < 1.29 is 0 Å². The summed E-state index contributed by atoms with van der Waals surface area (Å²) >= 11 is 0. The standard InChI is InChI=1S/C33H21N5.C27H17N5.C21H13N5/c1-2-8-22(9-3-1)23-14-16-24(17-15-23)25-18-19-30-31(20-25)37-29-13-7-6-12-28(29)36-33(37)38(30)32-21-34-26-10-4-5-11-27(26)35-32;1-2-8-18(9-3-1)19-14-15-24-25(16-19)31-23-13-7-6-12-22(23)30-27(31)32(24)26-17-28-20-10-4-5-11-21(20)29-26;1-2-8-15-14(7-1)22-13-20(23-15)26-19-12-6-5-11-18(19)25-17-10-4-3-9-16(17)24-21(25)26/h1-21H;1-17H;1-13H. The summed E-state index contributed by atoms with van der Waals surface area (Å²) in [5.41, 5.74) is 24.8. The quantitative estimate of drug-likeness (QED) is 0.159. The van der Waals surface area contributed by atoms with Crippen LogP contribution >= 0.6 is 0 Å². The number of aromatic nitrogens is 15. The number of hydrogen-bond donors (Lipinski definition) is 0. The van der Waals surface area contributed by atoms with Crippen LogP contribution in [0.15, 0.2) is 310 Å². The molecular formula is C81H51N15. The van der Waals surface area contributed by atoms with Crippen LogP contribution in [-0.4, -0.2) is 71.8 Å². The second-order valence-corrected chi connectivity index (χ2v) is 23.6. The minimum absolute atomic E-state index is 0.749. The highest BCUT2D eigenvalue weighted by atomic mass is 15.3. The third-order valence-corrected chi connectivity index (χ3v) is 17.9. The van der Waals surface area contributed by atoms with Crippen LogP contribution in [-0.2, 0) is 0 Å². The van der Waals surface area contributed by atoms with Crippen LogP contribution in [0.4, 0.5) is 0 Å². The fourth-order valence-corrected chi connectivity index (χ4v) is 13.5. The van der Waals surface area contributed by atoms with Gasteiger partial charge in [0, 0.05) is 0 Å². The molecule has 0 radical (unpaired) electrons. The molecule has 0 amide bonds. The number of hydrogen-bond acceptors (Lipinski definition) is 9. The minimum Gasteiger partial charge on any atom is -0.276 e. The lowest BCUT2D eigenvalue weighted by Gasteiger charge is -2.07. The molecule has 0 spiro atoms. The van der Waals surface area contributed by atoms with Crippen molar-refractivity contribution in [3.05, 3.63) is 310 Å². The van der Waals surface area contributed by atoms with Crippen LogP contribution in [0.1, 0.15) is 0 Å². The van der Waals surface area contributed by atoms with Gasteiger partial charge in [0.25, 0.3) is 0 Å². The van der Waals surface area contributed by atoms with E-state index in [4.69, 9.17) is 29.9 Å². The second-order valence-electron chi connectivity index (χ2n) is 23.6. The van der Waals surface area contributed by atoms with Gasteiger partial charge in [-0.15, -0.1) is 0 Å². The van der Waals surface area contributed by atoms with E-state index in [1.807, 2.05) is 152 Å². The van der Waals surface area contributed by atoms with Gasteiger partial charge in [-0.25, -0.2) is 29.9 Å². The molecule has 9 heterocycles. The fourth-order valence-electron chi connectivity index (χ4n) is 13.5. The summed E-state index contributed by atoms with van der Waals surface area (Å²) in [7, 11) is 0. The topological polar surface area (TPSA) is 144 Å². The van der Waals surface area contributed by atoms with Gasteiger partial charge in [-0.1, -0.05) is 182 Å². The molecule has 9 aromatic heterocycles. The molecule has 0 aliphatic heterocycles. The minimum atomic E-state index is 0.749. The lowest BCUT2D eigenvalue weighted by molar-refractivity contribution is 1.04. The van der Waals surface area contributed by atoms with E-state index in [1.165, 1.54) is 27.8 Å². The Morgan fingerprint density at radius 3 is 0.823 bits per heavy atom. The first-order chi connectivity index (χ1) is 47.6. The van der Waals surface area contributed by atoms with Gasteiger partial charge in [0.1, 0.15) is 0 Å². The van der Waals surface area contributed by atoms with E-state index in [9.17, 15) is 0 Å². The summed E-state index contributed by atoms with van der Waals surface area (Å²) in [4.78, 5) is 43.5. The molecule has 0 saturated carbocycles. The molecule has 0 atom stereocenters. The van der Waals surface area contributed by atoms with Gasteiger partial charge in [-0.2, -0.15) is 0 Å². The van der Waals surface area contributed by atoms with Crippen LogP contribution in [0.3, 0.4) is 0 Å². The highest BCUT2D eigenvalue weighted by Crippen LogP contribution is 2.36. The number of rotatable bonds is 6. The van der Waals surface area contributed by atoms with Gasteiger partial charge in [-0.3, -0.25) is 41.9 Å². The Balaban J connectivity index is 0.000000103. The van der Waals surface area contributed by atoms with Crippen molar-refractivity contribution in [2.75, 3.05) is 0 Å². The number of nitrogens with zero attached hydrogens (tertiary/aromatic N) is 15. The predicted octanol–water partition coefficient (Wildman–Crippen LogP) is 18.1. The molecule has 0 bridgehead atoms. The molecule has 0 unspecified atom stereocenters. The van der Waals surface area contributed by atoms with Crippen molar-refractivity contribution in [1.82, 2.24) is 71.8 Å². The molecule has 12 aromatic carbocycles. The van der Waals surface area contributed by atoms with Crippen molar-refractivity contribution in [2.24, 2.45) is 0 Å². The highest BCUT2D eigenvalue weighted by Gasteiger charge is 2.23. The molecule has 0 N–H and O–H groups in total. The monoisotopic (exact) mass is 1230 g/mol. The molecule has 450 valence electrons. The average molecular weight is 1230 g/mol. The zero-order valence-electron chi connectivity index (χ0n) is 51.2. The van der Waals surface area contributed by atoms with Crippen molar-refractivity contribution >= 4 is 117 Å². The van der Waals surface area contributed by atoms with E-state index in [0.717, 1.165) is 140 Å². The maximum Gasteiger partial charge on any atom is 0.221 e. The zero-order valence-corrected chi connectivity index (χ0v) is 51.2. The van der Waals surface area contributed by atoms with Crippen molar-refractivity contribution in [1.29, 1.82) is 0 Å². The van der Waals surface area contributed by atoms with Crippen LogP contribution in [0.25, 0.3) is 167 Å². The molecule has 0 aliphatic carbocycles. The van der Waals surface area contributed by atoms with E-state index in [0.29, 0.717) is 0 Å². The van der Waals surface area contributed by atoms with Crippen LogP contribution in [0.5, 0.6) is 0 Å². The molecule has 21 aromatic rings. The second kappa shape index (κ2) is 22.1. The summed E-state index contributed by atoms with van der Waals surface area (Å²) in [5.74, 6) is 4.77. The largest absolute Gasteiger partial charge is 0.276 e. The SMILES string of the molecule is c1ccc(-c2ccc(-c3ccc4c(c3)n3c5ccccc5nc3n4-c3cnc4ccccc4n3)cc2)cc1.c1ccc(-c2ccc3c(c2)n2c4ccccc4nc2n3-c2cnc3ccccc3n2)cc1.c1ccc2nc(-n3c4ccccc4n4c5ccccc5nc34)cnc2c1. The van der Waals surface area contributed by atoms with Crippen molar-refractivity contribution in [3.63, 3.8) is 0 Å². The lowest BCUT2D eigenvalue weighted by atomic mass is 10.00. The third-order valence-electron chi connectivity index (χ3n) is 17.9. The number of imidazole rings is 6. The maximum absolute atomic E-state index is 5.01. The van der Waals surface area contributed by atoms with E-state index in [1.54, 1.807) is 0 Å². The van der Waals surface area contributed by atoms with Crippen molar-refractivity contribution in [3.8, 4) is 50.8 Å². The highest BCUT2D eigenvalue weighted by molar-refractivity contribution is 5.97. The Morgan fingerprint density at radius 2 is 0.438 bits per heavy atom. The van der Waals surface area contributed by atoms with Gasteiger partial charge < -0.3 is 0 Å². The van der Waals surface area contributed by atoms with Crippen LogP contribution < -0.4 is 0 Å². The van der Waals surface area contributed by atoms with Gasteiger partial charge in [0.2, 0.25) is 17.3 Å². The summed E-state index contributed by atoms with van der Waals surface area (Å²) in [5, 5.41) is 0. The zero-order chi connectivity index (χ0) is 63.2. The summed E-state index contributed by atoms with van der Waals surface area (Å²) in [6, 6.07) is 99.5. The van der Waals surface area contributed by atoms with Gasteiger partial charge in [0.15, 0.2) is 17.5 Å². The van der Waals surface area contributed by atoms with Crippen LogP contribution in [0.2, 0.25) is 0 Å². The Kier molecular flexibility index (Phi) is 12.5. The van der Waals surface area contributed by atoms with Gasteiger partial charge in [0.05, 0.1) is 118 Å². The molecule has 0 saturated heterocycles. The first kappa shape index (κ1) is 54.2. The van der Waals surface area contributed by atoms with Crippen LogP contribution in [0, 0.1) is 0 Å². The fraction of sp³-hybridized carbons (Fsp3) is 0. The molecule has 0 fully saturated rings. The molecular weight excluding hydrogens is 1180 g/mol. The van der Waals surface area contributed by atoms with Crippen molar-refractivity contribution in [2.45, 2.75) is 0 Å². The molecule has 15 heteroatoms. The van der Waals surface area contributed by atoms with E-state index < -0.39 is 0 Å². The van der Waals surface area contributed by atoms with Gasteiger partial charge >= 0.3 is 0 Å². The summed E-state index contributed by atoms with van der Waals surface area (Å²) in [6.45, 7) is 0. The maximum atomic E-state index is 5.01. The van der Waals surface area contributed by atoms with Gasteiger partial charge in [-0.05, 0) is 143 Å². The smallest absolute Gasteiger partial charge is 0.221 e. The Bertz CT molecular complexity index is 6600. The Hall–Kier alpha value is -13.5. The number of benzene rings is 12. The molecule has 15 nitrogen and oxygen atoms in total. The normalized spacial score (nSPS) is 11.8. The third kappa shape index (κ3) is 8.94. The van der Waals surface area contributed by atoms with E-state index in [2.05, 4.69) is 200 Å². The first-order valence-corrected chi connectivity index (χ1v) is 31.7. The molecule has 0 aliphatic rings. The van der Waals surface area contributed by atoms with E-state index >= 15 is 0 Å². The lowest BCUT2D eigenvalue weighted by Crippen LogP contribution is -2.00. The van der Waals surface area contributed by atoms with E-state index in [-0.39, 0.29) is 0 Å². The Labute approximate surface area is 546 Å². The molecule has 21 rings (SSSR count). The molecule has 96 heavy (non-hydrogen) atoms. The Morgan fingerprint density at radius 1 is 0.177 bits per heavy atom. The number of fused-ring (bicyclic) bond motifs is 18. The predicted molar refractivity (Wildman–Crippen MR) is 384 cm³/mol. The average Bonchev–Trinajstić information content (AvgIpc) is 1.71. The first-order valence-electron chi connectivity index (χ1n) is 31.7. The summed E-state index contributed by atoms with van der Waals surface area (Å²) < 4.78 is 12.9.